The summed E-state index contributed by atoms with van der Waals surface area (Å²) in [6.07, 6.45) is -0.186. The lowest BCUT2D eigenvalue weighted by Crippen LogP contribution is -2.29. The first-order chi connectivity index (χ1) is 12.8. The van der Waals surface area contributed by atoms with Crippen molar-refractivity contribution in [2.75, 3.05) is 16.8 Å². The maximum atomic E-state index is 12.6. The van der Waals surface area contributed by atoms with Gasteiger partial charge in [-0.15, -0.1) is 0 Å². The lowest BCUT2D eigenvalue weighted by atomic mass is 10.1. The number of nitrogens with zero attached hydrogens (tertiary/aromatic N) is 1. The smallest absolute Gasteiger partial charge is 0.412 e. The lowest BCUT2D eigenvalue weighted by Gasteiger charge is -2.22. The molecule has 0 atom stereocenters. The van der Waals surface area contributed by atoms with Crippen LogP contribution in [0.25, 0.3) is 0 Å². The first-order valence-corrected chi connectivity index (χ1v) is 8.93. The van der Waals surface area contributed by atoms with Crippen molar-refractivity contribution in [2.45, 2.75) is 39.3 Å². The van der Waals surface area contributed by atoms with Crippen LogP contribution >= 0.6 is 0 Å². The third-order valence-electron chi connectivity index (χ3n) is 3.94. The highest BCUT2D eigenvalue weighted by Crippen LogP contribution is 2.32. The van der Waals surface area contributed by atoms with E-state index in [1.54, 1.807) is 11.0 Å². The first kappa shape index (κ1) is 18.8. The molecule has 0 radical (unpaired) electrons. The van der Waals surface area contributed by atoms with E-state index < -0.39 is 11.7 Å². The van der Waals surface area contributed by atoms with Crippen LogP contribution in [-0.4, -0.2) is 24.2 Å². The summed E-state index contributed by atoms with van der Waals surface area (Å²) < 4.78 is 11.0. The summed E-state index contributed by atoms with van der Waals surface area (Å²) in [6.45, 7) is 6.20. The van der Waals surface area contributed by atoms with Gasteiger partial charge in [0.15, 0.2) is 0 Å². The van der Waals surface area contributed by atoms with Crippen molar-refractivity contribution in [3.63, 3.8) is 0 Å². The average Bonchev–Trinajstić information content (AvgIpc) is 2.73. The van der Waals surface area contributed by atoms with Crippen LogP contribution < -0.4 is 15.0 Å². The molecule has 0 fully saturated rings. The van der Waals surface area contributed by atoms with Crippen molar-refractivity contribution in [1.82, 2.24) is 0 Å². The molecule has 6 heteroatoms. The summed E-state index contributed by atoms with van der Waals surface area (Å²) in [7, 11) is 0. The highest BCUT2D eigenvalue weighted by atomic mass is 16.6. The van der Waals surface area contributed by atoms with E-state index in [-0.39, 0.29) is 5.91 Å². The fourth-order valence-electron chi connectivity index (χ4n) is 2.84. The molecule has 0 spiro atoms. The molecule has 2 aromatic rings. The molecule has 0 aromatic heterocycles. The molecule has 142 valence electrons. The quantitative estimate of drug-likeness (QED) is 0.875. The zero-order valence-electron chi connectivity index (χ0n) is 15.8. The molecule has 3 rings (SSSR count). The number of hydrogen-bond donors (Lipinski definition) is 1. The van der Waals surface area contributed by atoms with Gasteiger partial charge >= 0.3 is 6.09 Å². The van der Waals surface area contributed by atoms with Crippen LogP contribution in [0.15, 0.2) is 48.5 Å². The molecule has 1 heterocycles. The van der Waals surface area contributed by atoms with Crippen LogP contribution in [0.3, 0.4) is 0 Å². The lowest BCUT2D eigenvalue weighted by molar-refractivity contribution is -0.118. The largest absolute Gasteiger partial charge is 0.491 e. The molecule has 0 saturated carbocycles. The molecule has 0 bridgehead atoms. The number of benzene rings is 2. The van der Waals surface area contributed by atoms with E-state index in [1.807, 2.05) is 63.2 Å². The third-order valence-corrected chi connectivity index (χ3v) is 3.94. The Morgan fingerprint density at radius 3 is 2.74 bits per heavy atom. The third kappa shape index (κ3) is 5.00. The molecule has 6 nitrogen and oxygen atoms in total. The Bertz CT molecular complexity index is 842. The molecule has 0 aliphatic carbocycles. The Hall–Kier alpha value is -3.02. The van der Waals surface area contributed by atoms with E-state index in [9.17, 15) is 9.59 Å². The summed E-state index contributed by atoms with van der Waals surface area (Å²) in [5.74, 6) is 0.705. The van der Waals surface area contributed by atoms with Crippen molar-refractivity contribution >= 4 is 23.4 Å². The summed E-state index contributed by atoms with van der Waals surface area (Å²) in [5.41, 5.74) is 1.71. The second-order valence-electron chi connectivity index (χ2n) is 7.37. The topological polar surface area (TPSA) is 67.9 Å². The normalized spacial score (nSPS) is 14.0. The zero-order chi connectivity index (χ0) is 19.4. The van der Waals surface area contributed by atoms with Gasteiger partial charge < -0.3 is 14.4 Å². The predicted octanol–water partition coefficient (Wildman–Crippen LogP) is 4.35. The summed E-state index contributed by atoms with van der Waals surface area (Å²) in [4.78, 5) is 26.3. The van der Waals surface area contributed by atoms with E-state index in [0.29, 0.717) is 31.0 Å². The maximum Gasteiger partial charge on any atom is 0.412 e. The van der Waals surface area contributed by atoms with Crippen molar-refractivity contribution in [1.29, 1.82) is 0 Å². The molecular formula is C21H24N2O4. The monoisotopic (exact) mass is 368 g/mol. The van der Waals surface area contributed by atoms with Gasteiger partial charge in [0.1, 0.15) is 11.4 Å². The van der Waals surface area contributed by atoms with Gasteiger partial charge in [-0.2, -0.15) is 0 Å². The minimum absolute atomic E-state index is 0.00505. The van der Waals surface area contributed by atoms with Crippen LogP contribution in [0.2, 0.25) is 0 Å². The van der Waals surface area contributed by atoms with Crippen molar-refractivity contribution in [3.8, 4) is 5.75 Å². The molecule has 0 unspecified atom stereocenters. The average molecular weight is 368 g/mol. The number of amides is 2. The minimum Gasteiger partial charge on any atom is -0.491 e. The van der Waals surface area contributed by atoms with Gasteiger partial charge in [0, 0.05) is 5.69 Å². The Morgan fingerprint density at radius 1 is 1.19 bits per heavy atom. The Kier molecular flexibility index (Phi) is 5.35. The second kappa shape index (κ2) is 7.70. The number of ether oxygens (including phenoxy) is 2. The van der Waals surface area contributed by atoms with Gasteiger partial charge in [0.05, 0.1) is 25.3 Å². The Balaban J connectivity index is 1.78. The maximum absolute atomic E-state index is 12.6. The summed E-state index contributed by atoms with van der Waals surface area (Å²) in [5, 5.41) is 2.73. The van der Waals surface area contributed by atoms with Crippen LogP contribution in [0.4, 0.5) is 16.2 Å². The number of nitrogens with one attached hydrogen (secondary N) is 1. The van der Waals surface area contributed by atoms with Crippen molar-refractivity contribution < 1.29 is 19.1 Å². The van der Waals surface area contributed by atoms with E-state index in [4.69, 9.17) is 9.47 Å². The number of carbonyl (C=O) groups is 2. The number of hydrogen-bond acceptors (Lipinski definition) is 4. The molecule has 1 aliphatic rings. The van der Waals surface area contributed by atoms with E-state index >= 15 is 0 Å². The summed E-state index contributed by atoms with van der Waals surface area (Å²) >= 11 is 0. The molecule has 1 N–H and O–H groups in total. The molecule has 2 aromatic carbocycles. The fraction of sp³-hybridized carbons (Fsp3) is 0.333. The highest BCUT2D eigenvalue weighted by Gasteiger charge is 2.23. The highest BCUT2D eigenvalue weighted by molar-refractivity contribution is 5.95. The molecule has 0 saturated heterocycles. The fourth-order valence-corrected chi connectivity index (χ4v) is 2.84. The standard InChI is InChI=1S/C21H24N2O4/c1-21(2,3)27-20(25)22-16-8-6-7-15(13-16)14-23-17-9-4-5-10-18(17)26-12-11-19(23)24/h4-10,13H,11-12,14H2,1-3H3,(H,22,25). The summed E-state index contributed by atoms with van der Waals surface area (Å²) in [6, 6.07) is 14.9. The van der Waals surface area contributed by atoms with Crippen LogP contribution in [0.1, 0.15) is 32.8 Å². The Morgan fingerprint density at radius 2 is 1.96 bits per heavy atom. The minimum atomic E-state index is -0.566. The van der Waals surface area contributed by atoms with Gasteiger partial charge in [-0.1, -0.05) is 24.3 Å². The van der Waals surface area contributed by atoms with Gasteiger partial charge in [0.25, 0.3) is 0 Å². The molecule has 2 amide bonds. The van der Waals surface area contributed by atoms with Gasteiger partial charge in [-0.3, -0.25) is 10.1 Å². The second-order valence-corrected chi connectivity index (χ2v) is 7.37. The SMILES string of the molecule is CC(C)(C)OC(=O)Nc1cccc(CN2C(=O)CCOc3ccccc32)c1. The van der Waals surface area contributed by atoms with E-state index in [2.05, 4.69) is 5.32 Å². The molecule has 1 aliphatic heterocycles. The van der Waals surface area contributed by atoms with Crippen molar-refractivity contribution in [2.24, 2.45) is 0 Å². The predicted molar refractivity (Wildman–Crippen MR) is 104 cm³/mol. The number of para-hydroxylation sites is 2. The van der Waals surface area contributed by atoms with E-state index in [1.165, 1.54) is 0 Å². The van der Waals surface area contributed by atoms with Crippen molar-refractivity contribution in [3.05, 3.63) is 54.1 Å². The van der Waals surface area contributed by atoms with Crippen LogP contribution in [0, 0.1) is 0 Å². The number of carbonyl (C=O) groups excluding carboxylic acids is 2. The van der Waals surface area contributed by atoms with Crippen LogP contribution in [0.5, 0.6) is 5.75 Å². The Labute approximate surface area is 159 Å². The number of fused-ring (bicyclic) bond motifs is 1. The van der Waals surface area contributed by atoms with Gasteiger partial charge in [-0.05, 0) is 50.6 Å². The van der Waals surface area contributed by atoms with E-state index in [0.717, 1.165) is 11.3 Å². The number of rotatable bonds is 3. The zero-order valence-corrected chi connectivity index (χ0v) is 15.8. The molecular weight excluding hydrogens is 344 g/mol. The molecule has 27 heavy (non-hydrogen) atoms. The number of anilines is 2. The van der Waals surface area contributed by atoms with Gasteiger partial charge in [-0.25, -0.2) is 4.79 Å². The van der Waals surface area contributed by atoms with Crippen LogP contribution in [-0.2, 0) is 16.1 Å². The first-order valence-electron chi connectivity index (χ1n) is 8.93. The van der Waals surface area contributed by atoms with Gasteiger partial charge in [0.2, 0.25) is 5.91 Å².